The molecule has 2 unspecified atom stereocenters. The summed E-state index contributed by atoms with van der Waals surface area (Å²) in [5.41, 5.74) is 0.754. The van der Waals surface area contributed by atoms with Crippen LogP contribution in [0.25, 0.3) is 0 Å². The van der Waals surface area contributed by atoms with Gasteiger partial charge in [-0.2, -0.15) is 0 Å². The third-order valence-corrected chi connectivity index (χ3v) is 11.9. The smallest absolute Gasteiger partial charge is 0.374 e. The molecule has 0 spiro atoms. The van der Waals surface area contributed by atoms with Gasteiger partial charge in [0.05, 0.1) is 0 Å². The molecule has 2 atom stereocenters. The molecule has 0 fully saturated rings. The molecule has 0 aromatic heterocycles. The van der Waals surface area contributed by atoms with Gasteiger partial charge in [0.15, 0.2) is 0 Å². The maximum atomic E-state index is 5.76. The lowest BCUT2D eigenvalue weighted by atomic mass is 10.4. The van der Waals surface area contributed by atoms with Crippen LogP contribution in [0.15, 0.2) is 0 Å². The summed E-state index contributed by atoms with van der Waals surface area (Å²) < 4.78 is 34.5. The summed E-state index contributed by atoms with van der Waals surface area (Å²) in [5, 5.41) is 0. The Kier molecular flexibility index (Phi) is 19.5. The third kappa shape index (κ3) is 10.3. The Balaban J connectivity index is 0. The maximum Gasteiger partial charge on any atom is 0.503 e. The fourth-order valence-electron chi connectivity index (χ4n) is 2.81. The summed E-state index contributed by atoms with van der Waals surface area (Å²) in [4.78, 5) is 0. The van der Waals surface area contributed by atoms with Crippen LogP contribution in [0.3, 0.4) is 0 Å². The van der Waals surface area contributed by atoms with Gasteiger partial charge in [0.25, 0.3) is 0 Å². The Hall–Kier alpha value is 0.194. The number of hydrogen-bond donors (Lipinski definition) is 0. The molecule has 0 radical (unpaired) electrons. The first-order chi connectivity index (χ1) is 13.3. The molecule has 0 heterocycles. The molecule has 6 nitrogen and oxygen atoms in total. The molecular weight excluding hydrogens is 392 g/mol. The highest BCUT2D eigenvalue weighted by molar-refractivity contribution is 6.62. The number of rotatable bonds is 16. The van der Waals surface area contributed by atoms with Gasteiger partial charge in [-0.15, -0.1) is 0 Å². The zero-order chi connectivity index (χ0) is 22.1. The van der Waals surface area contributed by atoms with Crippen molar-refractivity contribution in [3.05, 3.63) is 0 Å². The average Bonchev–Trinajstić information content (AvgIpc) is 2.68. The molecule has 172 valence electrons. The van der Waals surface area contributed by atoms with Gasteiger partial charge in [-0.25, -0.2) is 0 Å². The van der Waals surface area contributed by atoms with Crippen LogP contribution in [0, 0.1) is 0 Å². The first-order valence-electron chi connectivity index (χ1n) is 11.2. The van der Waals surface area contributed by atoms with Crippen LogP contribution in [0.1, 0.15) is 82.1 Å². The molecule has 0 aliphatic carbocycles. The largest absolute Gasteiger partial charge is 0.503 e. The van der Waals surface area contributed by atoms with E-state index in [9.17, 15) is 0 Å². The molecule has 0 bridgehead atoms. The second-order valence-corrected chi connectivity index (χ2v) is 12.5. The topological polar surface area (TPSA) is 55.4 Å². The van der Waals surface area contributed by atoms with Crippen molar-refractivity contribution in [2.24, 2.45) is 0 Å². The predicted molar refractivity (Wildman–Crippen MR) is 121 cm³/mol. The normalized spacial score (nSPS) is 14.4. The van der Waals surface area contributed by atoms with Gasteiger partial charge in [-0.05, 0) is 54.4 Å². The molecule has 0 saturated carbocycles. The molecular formula is C20H48O6Si2. The van der Waals surface area contributed by atoms with Crippen molar-refractivity contribution in [3.8, 4) is 0 Å². The van der Waals surface area contributed by atoms with Gasteiger partial charge in [0.2, 0.25) is 0 Å². The van der Waals surface area contributed by atoms with Crippen LogP contribution in [0.2, 0.25) is 11.1 Å². The molecule has 8 heteroatoms. The SMILES string of the molecule is CCO[Si](OCC)(OCC)C(C)CC.CCO[Si](OCC)(OCC)C(C)CC. The molecule has 0 saturated heterocycles. The summed E-state index contributed by atoms with van der Waals surface area (Å²) in [6, 6.07) is 0. The van der Waals surface area contributed by atoms with Gasteiger partial charge in [0, 0.05) is 50.7 Å². The minimum Gasteiger partial charge on any atom is -0.374 e. The van der Waals surface area contributed by atoms with Crippen molar-refractivity contribution in [3.63, 3.8) is 0 Å². The Morgan fingerprint density at radius 1 is 0.429 bits per heavy atom. The predicted octanol–water partition coefficient (Wildman–Crippen LogP) is 5.67. The zero-order valence-corrected chi connectivity index (χ0v) is 22.3. The first-order valence-corrected chi connectivity index (χ1v) is 14.8. The minimum atomic E-state index is -2.40. The second-order valence-electron chi connectivity index (χ2n) is 6.42. The van der Waals surface area contributed by atoms with E-state index in [2.05, 4.69) is 27.7 Å². The molecule has 0 rings (SSSR count). The summed E-state index contributed by atoms with van der Waals surface area (Å²) >= 11 is 0. The van der Waals surface area contributed by atoms with E-state index in [0.29, 0.717) is 50.7 Å². The van der Waals surface area contributed by atoms with Gasteiger partial charge < -0.3 is 26.6 Å². The first kappa shape index (κ1) is 30.4. The highest BCUT2D eigenvalue weighted by Gasteiger charge is 2.46. The van der Waals surface area contributed by atoms with Crippen LogP contribution in [-0.2, 0) is 26.6 Å². The van der Waals surface area contributed by atoms with Crippen molar-refractivity contribution in [2.75, 3.05) is 39.6 Å². The Morgan fingerprint density at radius 3 is 0.714 bits per heavy atom. The molecule has 0 amide bonds. The van der Waals surface area contributed by atoms with Crippen LogP contribution in [0.4, 0.5) is 0 Å². The van der Waals surface area contributed by atoms with Gasteiger partial charge in [-0.3, -0.25) is 0 Å². The van der Waals surface area contributed by atoms with E-state index in [4.69, 9.17) is 26.6 Å². The van der Waals surface area contributed by atoms with E-state index >= 15 is 0 Å². The Morgan fingerprint density at radius 2 is 0.607 bits per heavy atom. The summed E-state index contributed by atoms with van der Waals surface area (Å²) in [5.74, 6) is 0. The molecule has 0 aromatic rings. The summed E-state index contributed by atoms with van der Waals surface area (Å²) in [6.45, 7) is 24.5. The Bertz CT molecular complexity index is 281. The van der Waals surface area contributed by atoms with Crippen molar-refractivity contribution in [1.82, 2.24) is 0 Å². The lowest BCUT2D eigenvalue weighted by Crippen LogP contribution is -2.49. The van der Waals surface area contributed by atoms with Gasteiger partial charge >= 0.3 is 17.6 Å². The summed E-state index contributed by atoms with van der Waals surface area (Å²) in [6.07, 6.45) is 2.07. The summed E-state index contributed by atoms with van der Waals surface area (Å²) in [7, 11) is -4.80. The van der Waals surface area contributed by atoms with Crippen LogP contribution >= 0.6 is 0 Å². The van der Waals surface area contributed by atoms with Gasteiger partial charge in [0.1, 0.15) is 0 Å². The van der Waals surface area contributed by atoms with Crippen LogP contribution in [-0.4, -0.2) is 57.3 Å². The molecule has 0 N–H and O–H groups in total. The fraction of sp³-hybridized carbons (Fsp3) is 1.00. The minimum absolute atomic E-state index is 0.377. The highest BCUT2D eigenvalue weighted by atomic mass is 28.4. The van der Waals surface area contributed by atoms with Crippen molar-refractivity contribution < 1.29 is 26.6 Å². The van der Waals surface area contributed by atoms with Gasteiger partial charge in [-0.1, -0.05) is 27.7 Å². The van der Waals surface area contributed by atoms with E-state index in [0.717, 1.165) is 12.8 Å². The molecule has 28 heavy (non-hydrogen) atoms. The fourth-order valence-corrected chi connectivity index (χ4v) is 8.43. The van der Waals surface area contributed by atoms with E-state index in [1.807, 2.05) is 41.5 Å². The third-order valence-electron chi connectivity index (χ3n) is 4.50. The highest BCUT2D eigenvalue weighted by Crippen LogP contribution is 2.29. The second kappa shape index (κ2) is 18.0. The van der Waals surface area contributed by atoms with Crippen molar-refractivity contribution in [1.29, 1.82) is 0 Å². The molecule has 0 aliphatic heterocycles. The lowest BCUT2D eigenvalue weighted by molar-refractivity contribution is 0.0613. The quantitative estimate of drug-likeness (QED) is 0.288. The van der Waals surface area contributed by atoms with E-state index < -0.39 is 17.6 Å². The maximum absolute atomic E-state index is 5.76. The van der Waals surface area contributed by atoms with Crippen molar-refractivity contribution in [2.45, 2.75) is 93.2 Å². The van der Waals surface area contributed by atoms with E-state index in [1.54, 1.807) is 0 Å². The standard InChI is InChI=1S/2C10H24O3Si/c2*1-6-10(5)14(11-7-2,12-8-3)13-9-4/h2*10H,6-9H2,1-5H3. The van der Waals surface area contributed by atoms with E-state index in [1.165, 1.54) is 0 Å². The monoisotopic (exact) mass is 440 g/mol. The lowest BCUT2D eigenvalue weighted by Gasteiger charge is -2.32. The number of hydrogen-bond acceptors (Lipinski definition) is 6. The Labute approximate surface area is 177 Å². The van der Waals surface area contributed by atoms with Crippen LogP contribution < -0.4 is 0 Å². The van der Waals surface area contributed by atoms with Crippen molar-refractivity contribution >= 4 is 17.6 Å². The van der Waals surface area contributed by atoms with E-state index in [-0.39, 0.29) is 0 Å². The van der Waals surface area contributed by atoms with Crippen LogP contribution in [0.5, 0.6) is 0 Å². The zero-order valence-electron chi connectivity index (χ0n) is 20.3. The average molecular weight is 441 g/mol. The molecule has 0 aliphatic rings. The molecule has 0 aromatic carbocycles.